The Balaban J connectivity index is 1.29. The number of nitrogens with one attached hydrogen (secondary N) is 1. The van der Waals surface area contributed by atoms with E-state index in [4.69, 9.17) is 4.98 Å². The van der Waals surface area contributed by atoms with Crippen molar-refractivity contribution in [3.05, 3.63) is 65.2 Å². The van der Waals surface area contributed by atoms with E-state index in [2.05, 4.69) is 5.32 Å². The first-order valence-electron chi connectivity index (χ1n) is 11.8. The van der Waals surface area contributed by atoms with Crippen LogP contribution in [0.15, 0.2) is 54.6 Å². The molecule has 5 rings (SSSR count). The Kier molecular flexibility index (Phi) is 6.08. The van der Waals surface area contributed by atoms with Crippen molar-refractivity contribution in [2.75, 3.05) is 13.1 Å². The van der Waals surface area contributed by atoms with Crippen LogP contribution in [0.3, 0.4) is 0 Å². The van der Waals surface area contributed by atoms with Crippen molar-refractivity contribution in [3.63, 3.8) is 0 Å². The maximum atomic E-state index is 13.4. The van der Waals surface area contributed by atoms with Crippen molar-refractivity contribution < 1.29 is 14.4 Å². The predicted octanol–water partition coefficient (Wildman–Crippen LogP) is 4.29. The topological polar surface area (TPSA) is 82.6 Å². The van der Waals surface area contributed by atoms with Gasteiger partial charge >= 0.3 is 6.03 Å². The summed E-state index contributed by atoms with van der Waals surface area (Å²) in [5, 5.41) is 3.74. The minimum atomic E-state index is -1.01. The third-order valence-electron chi connectivity index (χ3n) is 6.81. The van der Waals surface area contributed by atoms with E-state index in [1.807, 2.05) is 54.6 Å². The first-order valence-corrected chi connectivity index (χ1v) is 12.6. The van der Waals surface area contributed by atoms with Crippen molar-refractivity contribution >= 4 is 39.4 Å². The number of piperidine rings is 1. The Hall–Kier alpha value is -3.26. The molecular weight excluding hydrogens is 448 g/mol. The SMILES string of the molecule is C[C@]1(CCc2ccccc2)NC(=O)N(CC(=O)N2CCCC[C@@H]2c2nc3ccccc3s2)C1=O. The van der Waals surface area contributed by atoms with Gasteiger partial charge < -0.3 is 10.2 Å². The van der Waals surface area contributed by atoms with E-state index in [9.17, 15) is 14.4 Å². The first-order chi connectivity index (χ1) is 16.4. The smallest absolute Gasteiger partial charge is 0.325 e. The quantitative estimate of drug-likeness (QED) is 0.538. The van der Waals surface area contributed by atoms with Crippen molar-refractivity contribution in [1.82, 2.24) is 20.1 Å². The molecule has 8 heteroatoms. The number of likely N-dealkylation sites (tertiary alicyclic amines) is 1. The molecule has 0 bridgehead atoms. The molecule has 0 spiro atoms. The molecule has 1 N–H and O–H groups in total. The minimum Gasteiger partial charge on any atom is -0.332 e. The fraction of sp³-hybridized carbons (Fsp3) is 0.385. The van der Waals surface area contributed by atoms with Crippen LogP contribution in [0.4, 0.5) is 4.79 Å². The number of fused-ring (bicyclic) bond motifs is 1. The van der Waals surface area contributed by atoms with E-state index in [1.165, 1.54) is 0 Å². The third kappa shape index (κ3) is 4.30. The van der Waals surface area contributed by atoms with Crippen molar-refractivity contribution in [2.24, 2.45) is 0 Å². The highest BCUT2D eigenvalue weighted by atomic mass is 32.1. The number of carbonyl (C=O) groups excluding carboxylic acids is 3. The zero-order valence-electron chi connectivity index (χ0n) is 19.2. The van der Waals surface area contributed by atoms with Gasteiger partial charge in [-0.3, -0.25) is 14.5 Å². The Morgan fingerprint density at radius 1 is 1.12 bits per heavy atom. The summed E-state index contributed by atoms with van der Waals surface area (Å²) in [4.78, 5) is 46.9. The number of imide groups is 1. The molecule has 2 fully saturated rings. The van der Waals surface area contributed by atoms with Crippen LogP contribution < -0.4 is 5.32 Å². The Morgan fingerprint density at radius 2 is 1.88 bits per heavy atom. The van der Waals surface area contributed by atoms with Gasteiger partial charge in [0.25, 0.3) is 5.91 Å². The van der Waals surface area contributed by atoms with Gasteiger partial charge in [-0.2, -0.15) is 0 Å². The number of carbonyl (C=O) groups is 3. The van der Waals surface area contributed by atoms with Gasteiger partial charge in [-0.1, -0.05) is 42.5 Å². The number of nitrogens with zero attached hydrogens (tertiary/aromatic N) is 3. The number of rotatable bonds is 6. The van der Waals surface area contributed by atoms with Crippen LogP contribution in [0, 0.1) is 0 Å². The summed E-state index contributed by atoms with van der Waals surface area (Å²) in [5.74, 6) is -0.546. The largest absolute Gasteiger partial charge is 0.332 e. The second-order valence-electron chi connectivity index (χ2n) is 9.26. The highest BCUT2D eigenvalue weighted by Gasteiger charge is 2.48. The molecule has 1 aromatic heterocycles. The maximum absolute atomic E-state index is 13.4. The molecule has 2 aliphatic rings. The number of aromatic nitrogens is 1. The van der Waals surface area contributed by atoms with Crippen LogP contribution in [-0.2, 0) is 16.0 Å². The van der Waals surface area contributed by atoms with Crippen LogP contribution in [0.5, 0.6) is 0 Å². The normalized spacial score (nSPS) is 22.9. The van der Waals surface area contributed by atoms with E-state index >= 15 is 0 Å². The lowest BCUT2D eigenvalue weighted by atomic mass is 9.93. The fourth-order valence-corrected chi connectivity index (χ4v) is 5.96. The average Bonchev–Trinajstić information content (AvgIpc) is 3.38. The van der Waals surface area contributed by atoms with Crippen LogP contribution in [0.25, 0.3) is 10.2 Å². The molecule has 0 radical (unpaired) electrons. The summed E-state index contributed by atoms with van der Waals surface area (Å²) in [7, 11) is 0. The summed E-state index contributed by atoms with van der Waals surface area (Å²) in [6.07, 6.45) is 3.90. The molecule has 3 aromatic rings. The molecule has 7 nitrogen and oxygen atoms in total. The second-order valence-corrected chi connectivity index (χ2v) is 10.3. The van der Waals surface area contributed by atoms with E-state index in [0.29, 0.717) is 19.4 Å². The molecule has 0 saturated carbocycles. The van der Waals surface area contributed by atoms with Crippen LogP contribution in [-0.4, -0.2) is 51.3 Å². The maximum Gasteiger partial charge on any atom is 0.325 e. The number of urea groups is 1. The van der Waals surface area contributed by atoms with Gasteiger partial charge in [0, 0.05) is 6.54 Å². The minimum absolute atomic E-state index is 0.121. The van der Waals surface area contributed by atoms with Gasteiger partial charge in [0.1, 0.15) is 17.1 Å². The second kappa shape index (κ2) is 9.18. The molecule has 34 heavy (non-hydrogen) atoms. The molecular formula is C26H28N4O3S. The van der Waals surface area contributed by atoms with Crippen molar-refractivity contribution in [1.29, 1.82) is 0 Å². The molecule has 2 saturated heterocycles. The number of thiazole rings is 1. The van der Waals surface area contributed by atoms with Gasteiger partial charge in [0.2, 0.25) is 5.91 Å². The zero-order chi connectivity index (χ0) is 23.7. The lowest BCUT2D eigenvalue weighted by molar-refractivity contribution is -0.141. The van der Waals surface area contributed by atoms with Gasteiger partial charge in [0.05, 0.1) is 16.3 Å². The van der Waals surface area contributed by atoms with E-state index in [1.54, 1.807) is 23.2 Å². The summed E-state index contributed by atoms with van der Waals surface area (Å²) >= 11 is 1.61. The van der Waals surface area contributed by atoms with Crippen LogP contribution >= 0.6 is 11.3 Å². The molecule has 0 unspecified atom stereocenters. The third-order valence-corrected chi connectivity index (χ3v) is 7.95. The zero-order valence-corrected chi connectivity index (χ0v) is 20.0. The predicted molar refractivity (Wildman–Crippen MR) is 131 cm³/mol. The molecule has 2 atom stereocenters. The van der Waals surface area contributed by atoms with Crippen molar-refractivity contribution in [3.8, 4) is 0 Å². The number of benzene rings is 2. The Morgan fingerprint density at radius 3 is 2.68 bits per heavy atom. The molecule has 176 valence electrons. The first kappa shape index (κ1) is 22.5. The van der Waals surface area contributed by atoms with Crippen LogP contribution in [0.2, 0.25) is 0 Å². The van der Waals surface area contributed by atoms with E-state index in [-0.39, 0.29) is 24.4 Å². The number of para-hydroxylation sites is 1. The number of aryl methyl sites for hydroxylation is 1. The van der Waals surface area contributed by atoms with Gasteiger partial charge in [-0.05, 0) is 56.7 Å². The Bertz CT molecular complexity index is 1190. The fourth-order valence-electron chi connectivity index (χ4n) is 4.84. The highest BCUT2D eigenvalue weighted by molar-refractivity contribution is 7.18. The lowest BCUT2D eigenvalue weighted by Crippen LogP contribution is -2.47. The summed E-state index contributed by atoms with van der Waals surface area (Å²) in [5.41, 5.74) is 1.03. The monoisotopic (exact) mass is 476 g/mol. The van der Waals surface area contributed by atoms with Gasteiger partial charge in [0.15, 0.2) is 0 Å². The lowest BCUT2D eigenvalue weighted by Gasteiger charge is -2.35. The average molecular weight is 477 g/mol. The summed E-state index contributed by atoms with van der Waals surface area (Å²) < 4.78 is 1.10. The number of amides is 4. The van der Waals surface area contributed by atoms with Gasteiger partial charge in [-0.25, -0.2) is 9.78 Å². The van der Waals surface area contributed by atoms with E-state index < -0.39 is 11.6 Å². The molecule has 2 aromatic carbocycles. The summed E-state index contributed by atoms with van der Waals surface area (Å²) in [6, 6.07) is 17.2. The standard InChI is InChI=1S/C26H28N4O3S/c1-26(15-14-18-9-3-2-4-10-18)24(32)30(25(33)28-26)17-22(31)29-16-8-7-12-20(29)23-27-19-11-5-6-13-21(19)34-23/h2-6,9-11,13,20H,7-8,12,14-17H2,1H3,(H,28,33)/t20-,26-/m1/s1. The molecule has 0 aliphatic carbocycles. The molecule has 4 amide bonds. The molecule has 2 aliphatic heterocycles. The number of hydrogen-bond donors (Lipinski definition) is 1. The highest BCUT2D eigenvalue weighted by Crippen LogP contribution is 2.36. The van der Waals surface area contributed by atoms with Gasteiger partial charge in [-0.15, -0.1) is 11.3 Å². The number of hydrogen-bond acceptors (Lipinski definition) is 5. The van der Waals surface area contributed by atoms with E-state index in [0.717, 1.165) is 45.0 Å². The summed E-state index contributed by atoms with van der Waals surface area (Å²) in [6.45, 7) is 2.10. The van der Waals surface area contributed by atoms with Crippen LogP contribution in [0.1, 0.15) is 49.2 Å². The Labute approximate surface area is 202 Å². The molecule has 3 heterocycles. The van der Waals surface area contributed by atoms with Crippen molar-refractivity contribution in [2.45, 2.75) is 50.6 Å².